The topological polar surface area (TPSA) is 54.2 Å². The molecule has 0 fully saturated rings. The lowest BCUT2D eigenvalue weighted by Gasteiger charge is -2.13. The number of rotatable bonds is 6. The van der Waals surface area contributed by atoms with Crippen molar-refractivity contribution in [2.75, 3.05) is 11.9 Å². The molecule has 0 bridgehead atoms. The average molecular weight is 475 g/mol. The summed E-state index contributed by atoms with van der Waals surface area (Å²) in [7, 11) is 0. The van der Waals surface area contributed by atoms with E-state index in [4.69, 9.17) is 4.99 Å². The Bertz CT molecular complexity index is 841. The highest BCUT2D eigenvalue weighted by Crippen LogP contribution is 2.07. The Kier molecular flexibility index (Phi) is 8.32. The number of aromatic nitrogens is 2. The molecule has 0 amide bonds. The Morgan fingerprint density at radius 2 is 1.74 bits per heavy atom. The molecule has 5 nitrogen and oxygen atoms in total. The number of aryl methyl sites for hydroxylation is 2. The van der Waals surface area contributed by atoms with Crippen LogP contribution in [0.15, 0.2) is 72.0 Å². The van der Waals surface area contributed by atoms with E-state index < -0.39 is 0 Å². The number of guanidine groups is 1. The Morgan fingerprint density at radius 1 is 1.00 bits per heavy atom. The summed E-state index contributed by atoms with van der Waals surface area (Å²) in [4.78, 5) is 4.72. The molecular weight excluding hydrogens is 449 g/mol. The van der Waals surface area contributed by atoms with E-state index in [-0.39, 0.29) is 24.0 Å². The van der Waals surface area contributed by atoms with Gasteiger partial charge >= 0.3 is 0 Å². The summed E-state index contributed by atoms with van der Waals surface area (Å²) in [6, 6.07) is 18.5. The van der Waals surface area contributed by atoms with Gasteiger partial charge in [0.15, 0.2) is 5.96 Å². The van der Waals surface area contributed by atoms with Crippen LogP contribution >= 0.6 is 24.0 Å². The molecule has 3 rings (SSSR count). The van der Waals surface area contributed by atoms with Crippen LogP contribution in [-0.2, 0) is 13.1 Å². The van der Waals surface area contributed by atoms with Crippen LogP contribution < -0.4 is 10.6 Å². The number of hydrogen-bond acceptors (Lipinski definition) is 2. The van der Waals surface area contributed by atoms with E-state index in [2.05, 4.69) is 46.9 Å². The van der Waals surface area contributed by atoms with E-state index >= 15 is 0 Å². The second-order valence-corrected chi connectivity index (χ2v) is 6.35. The molecule has 1 heterocycles. The number of aliphatic imine (C=N–C) groups is 1. The fourth-order valence-corrected chi connectivity index (χ4v) is 2.54. The minimum Gasteiger partial charge on any atom is -0.354 e. The minimum atomic E-state index is 0. The molecule has 27 heavy (non-hydrogen) atoms. The van der Waals surface area contributed by atoms with E-state index in [0.29, 0.717) is 6.54 Å². The molecule has 0 aliphatic rings. The van der Waals surface area contributed by atoms with Gasteiger partial charge in [0.1, 0.15) is 0 Å². The molecule has 0 aliphatic carbocycles. The first-order valence-corrected chi connectivity index (χ1v) is 8.84. The zero-order chi connectivity index (χ0) is 18.2. The maximum absolute atomic E-state index is 4.72. The third-order valence-electron chi connectivity index (χ3n) is 3.97. The fourth-order valence-electron chi connectivity index (χ4n) is 2.54. The summed E-state index contributed by atoms with van der Waals surface area (Å²) in [5, 5.41) is 11.1. The number of hydrogen-bond donors (Lipinski definition) is 2. The van der Waals surface area contributed by atoms with Crippen molar-refractivity contribution in [1.82, 2.24) is 15.1 Å². The molecular formula is C21H26IN5. The van der Waals surface area contributed by atoms with Crippen LogP contribution in [0.2, 0.25) is 0 Å². The SMILES string of the molecule is Cc1ccc(CN=C(NCCn2cc(C)cn2)Nc2ccccc2)cc1.I. The Labute approximate surface area is 177 Å². The van der Waals surface area contributed by atoms with Gasteiger partial charge in [0.25, 0.3) is 0 Å². The zero-order valence-electron chi connectivity index (χ0n) is 15.7. The van der Waals surface area contributed by atoms with E-state index in [9.17, 15) is 0 Å². The summed E-state index contributed by atoms with van der Waals surface area (Å²) in [6.45, 7) is 6.29. The predicted molar refractivity (Wildman–Crippen MR) is 123 cm³/mol. The lowest BCUT2D eigenvalue weighted by Crippen LogP contribution is -2.33. The molecule has 142 valence electrons. The van der Waals surface area contributed by atoms with Gasteiger partial charge in [0.05, 0.1) is 19.3 Å². The molecule has 2 N–H and O–H groups in total. The molecule has 0 saturated carbocycles. The fraction of sp³-hybridized carbons (Fsp3) is 0.238. The van der Waals surface area contributed by atoms with Crippen LogP contribution in [0.3, 0.4) is 0 Å². The van der Waals surface area contributed by atoms with Crippen LogP contribution in [0.4, 0.5) is 5.69 Å². The molecule has 3 aromatic rings. The van der Waals surface area contributed by atoms with Gasteiger partial charge in [0, 0.05) is 18.4 Å². The molecule has 0 spiro atoms. The first kappa shape index (κ1) is 21.0. The van der Waals surface area contributed by atoms with Crippen LogP contribution in [0, 0.1) is 13.8 Å². The van der Waals surface area contributed by atoms with E-state index in [1.807, 2.05) is 54.3 Å². The quantitative estimate of drug-likeness (QED) is 0.316. The van der Waals surface area contributed by atoms with Gasteiger partial charge in [-0.2, -0.15) is 5.10 Å². The highest BCUT2D eigenvalue weighted by atomic mass is 127. The minimum absolute atomic E-state index is 0. The smallest absolute Gasteiger partial charge is 0.196 e. The third-order valence-corrected chi connectivity index (χ3v) is 3.97. The van der Waals surface area contributed by atoms with Gasteiger partial charge in [-0.3, -0.25) is 4.68 Å². The molecule has 0 radical (unpaired) electrons. The van der Waals surface area contributed by atoms with Crippen molar-refractivity contribution in [1.29, 1.82) is 0 Å². The van der Waals surface area contributed by atoms with Crippen molar-refractivity contribution in [3.05, 3.63) is 83.7 Å². The van der Waals surface area contributed by atoms with Gasteiger partial charge in [-0.1, -0.05) is 48.0 Å². The van der Waals surface area contributed by atoms with Crippen molar-refractivity contribution < 1.29 is 0 Å². The number of nitrogens with zero attached hydrogens (tertiary/aromatic N) is 3. The largest absolute Gasteiger partial charge is 0.354 e. The maximum atomic E-state index is 4.72. The highest BCUT2D eigenvalue weighted by molar-refractivity contribution is 14.0. The van der Waals surface area contributed by atoms with Crippen LogP contribution in [0.5, 0.6) is 0 Å². The Hall–Kier alpha value is -2.35. The van der Waals surface area contributed by atoms with Gasteiger partial charge in [-0.25, -0.2) is 4.99 Å². The normalized spacial score (nSPS) is 11.0. The van der Waals surface area contributed by atoms with Gasteiger partial charge in [-0.05, 0) is 37.1 Å². The van der Waals surface area contributed by atoms with Crippen molar-refractivity contribution in [3.63, 3.8) is 0 Å². The first-order chi connectivity index (χ1) is 12.7. The zero-order valence-corrected chi connectivity index (χ0v) is 18.1. The van der Waals surface area contributed by atoms with Gasteiger partial charge in [0.2, 0.25) is 0 Å². The molecule has 0 aliphatic heterocycles. The number of nitrogens with one attached hydrogen (secondary N) is 2. The second-order valence-electron chi connectivity index (χ2n) is 6.35. The van der Waals surface area contributed by atoms with E-state index in [1.54, 1.807) is 0 Å². The third kappa shape index (κ3) is 7.05. The highest BCUT2D eigenvalue weighted by Gasteiger charge is 2.01. The van der Waals surface area contributed by atoms with Crippen LogP contribution in [0.1, 0.15) is 16.7 Å². The summed E-state index contributed by atoms with van der Waals surface area (Å²) >= 11 is 0. The molecule has 1 aromatic heterocycles. The first-order valence-electron chi connectivity index (χ1n) is 8.84. The number of benzene rings is 2. The van der Waals surface area contributed by atoms with Gasteiger partial charge < -0.3 is 10.6 Å². The van der Waals surface area contributed by atoms with E-state index in [1.165, 1.54) is 16.7 Å². The predicted octanol–water partition coefficient (Wildman–Crippen LogP) is 4.38. The van der Waals surface area contributed by atoms with Crippen molar-refractivity contribution in [2.24, 2.45) is 4.99 Å². The lowest BCUT2D eigenvalue weighted by atomic mass is 10.1. The monoisotopic (exact) mass is 475 g/mol. The Morgan fingerprint density at radius 3 is 2.41 bits per heavy atom. The molecule has 0 unspecified atom stereocenters. The van der Waals surface area contributed by atoms with E-state index in [0.717, 1.165) is 24.7 Å². The summed E-state index contributed by atoms with van der Waals surface area (Å²) < 4.78 is 1.93. The molecule has 2 aromatic carbocycles. The summed E-state index contributed by atoms with van der Waals surface area (Å²) in [5.41, 5.74) is 4.62. The van der Waals surface area contributed by atoms with Crippen molar-refractivity contribution in [3.8, 4) is 0 Å². The van der Waals surface area contributed by atoms with Crippen LogP contribution in [0.25, 0.3) is 0 Å². The van der Waals surface area contributed by atoms with Gasteiger partial charge in [-0.15, -0.1) is 24.0 Å². The maximum Gasteiger partial charge on any atom is 0.196 e. The molecule has 0 atom stereocenters. The van der Waals surface area contributed by atoms with Crippen LogP contribution in [-0.4, -0.2) is 22.3 Å². The summed E-state index contributed by atoms with van der Waals surface area (Å²) in [6.07, 6.45) is 3.91. The van der Waals surface area contributed by atoms with Crippen molar-refractivity contribution >= 4 is 35.6 Å². The number of anilines is 1. The average Bonchev–Trinajstić information content (AvgIpc) is 3.07. The summed E-state index contributed by atoms with van der Waals surface area (Å²) in [5.74, 6) is 0.764. The second kappa shape index (κ2) is 10.7. The standard InChI is InChI=1S/C21H25N5.HI/c1-17-8-10-19(11-9-17)15-23-21(25-20-6-4-3-5-7-20)22-12-13-26-16-18(2)14-24-26;/h3-11,14,16H,12-13,15H2,1-2H3,(H2,22,23,25);1H. The Balaban J connectivity index is 0.00000261. The molecule has 6 heteroatoms. The molecule has 0 saturated heterocycles. The number of para-hydroxylation sites is 1. The van der Waals surface area contributed by atoms with Crippen molar-refractivity contribution in [2.45, 2.75) is 26.9 Å². The lowest BCUT2D eigenvalue weighted by molar-refractivity contribution is 0.602. The number of halogens is 1.